The van der Waals surface area contributed by atoms with Crippen LogP contribution in [0.2, 0.25) is 0 Å². The van der Waals surface area contributed by atoms with Crippen molar-refractivity contribution in [2.24, 2.45) is 0 Å². The van der Waals surface area contributed by atoms with Crippen molar-refractivity contribution in [1.29, 1.82) is 0 Å². The zero-order chi connectivity index (χ0) is 14.9. The Hall–Kier alpha value is 1.25. The molecule has 0 amide bonds. The second kappa shape index (κ2) is 6.57. The van der Waals surface area contributed by atoms with Crippen LogP contribution in [-0.4, -0.2) is 8.13 Å². The fourth-order valence-electron chi connectivity index (χ4n) is 1.46. The molecule has 7 heteroatoms. The van der Waals surface area contributed by atoms with Crippen LogP contribution in [0, 0.1) is 6.42 Å². The first-order chi connectivity index (χ1) is 8.54. The van der Waals surface area contributed by atoms with Gasteiger partial charge in [0, 0.05) is 0 Å². The molecule has 1 rings (SSSR count). The molecule has 1 aromatic rings. The maximum atomic E-state index is 6.24. The number of alkyl halides is 7. The molecule has 0 bridgehead atoms. The van der Waals surface area contributed by atoms with Crippen molar-refractivity contribution in [2.75, 3.05) is 0 Å². The summed E-state index contributed by atoms with van der Waals surface area (Å²) in [7, 11) is 0. The number of rotatable bonds is 4. The molecule has 0 aromatic heterocycles. The average molecular weight is 402 g/mol. The van der Waals surface area contributed by atoms with Gasteiger partial charge in [-0.1, -0.05) is 112 Å². The van der Waals surface area contributed by atoms with Crippen LogP contribution in [0.25, 0.3) is 0 Å². The van der Waals surface area contributed by atoms with Gasteiger partial charge in [0.15, 0.2) is 4.33 Å². The minimum atomic E-state index is -2.05. The van der Waals surface area contributed by atoms with Crippen molar-refractivity contribution in [3.05, 3.63) is 41.8 Å². The van der Waals surface area contributed by atoms with E-state index in [4.69, 9.17) is 81.2 Å². The van der Waals surface area contributed by atoms with Gasteiger partial charge in [-0.2, -0.15) is 0 Å². The molecule has 1 radical (unpaired) electrons. The van der Waals surface area contributed by atoms with Crippen molar-refractivity contribution < 1.29 is 0 Å². The number of benzene rings is 1. The van der Waals surface area contributed by atoms with Crippen LogP contribution in [0.4, 0.5) is 0 Å². The van der Waals surface area contributed by atoms with Crippen LogP contribution in [0.15, 0.2) is 24.3 Å². The molecule has 0 atom stereocenters. The normalized spacial score (nSPS) is 13.7. The Morgan fingerprint density at radius 3 is 2.05 bits per heavy atom. The minimum absolute atomic E-state index is 0.453. The Balaban J connectivity index is 3.23. The van der Waals surface area contributed by atoms with Crippen molar-refractivity contribution >= 4 is 81.2 Å². The monoisotopic (exact) mass is 399 g/mol. The second-order valence-corrected chi connectivity index (χ2v) is 8.82. The summed E-state index contributed by atoms with van der Waals surface area (Å²) in [6, 6.07) is 7.09. The molecule has 0 nitrogen and oxygen atoms in total. The number of halogens is 7. The Morgan fingerprint density at radius 2 is 1.58 bits per heavy atom. The van der Waals surface area contributed by atoms with Crippen LogP contribution in [0.5, 0.6) is 0 Å². The van der Waals surface area contributed by atoms with Gasteiger partial charge < -0.3 is 0 Å². The van der Waals surface area contributed by atoms with Gasteiger partial charge in [-0.25, -0.2) is 0 Å². The first-order valence-electron chi connectivity index (χ1n) is 5.30. The van der Waals surface area contributed by atoms with E-state index in [0.29, 0.717) is 5.56 Å². The molecule has 0 fully saturated rings. The van der Waals surface area contributed by atoms with Crippen molar-refractivity contribution in [1.82, 2.24) is 0 Å². The van der Waals surface area contributed by atoms with Gasteiger partial charge in [0.1, 0.15) is 0 Å². The zero-order valence-electron chi connectivity index (χ0n) is 9.74. The van der Waals surface area contributed by atoms with Gasteiger partial charge in [-0.15, -0.1) is 0 Å². The van der Waals surface area contributed by atoms with E-state index < -0.39 is 12.5 Å². The SMILES string of the molecule is CC[CH]c1cccc(C(Cl)(Cl)C(Cl)(Cl)C(Cl)(Cl)Cl)c1. The summed E-state index contributed by atoms with van der Waals surface area (Å²) >= 11 is 41.9. The number of hydrogen-bond donors (Lipinski definition) is 0. The highest BCUT2D eigenvalue weighted by Crippen LogP contribution is 2.60. The lowest BCUT2D eigenvalue weighted by Gasteiger charge is -2.38. The number of hydrogen-bond acceptors (Lipinski definition) is 0. The summed E-state index contributed by atoms with van der Waals surface area (Å²) < 4.78 is -5.85. The molecule has 0 aliphatic rings. The third kappa shape index (κ3) is 3.92. The van der Waals surface area contributed by atoms with Crippen LogP contribution >= 0.6 is 81.2 Å². The molecular weight excluding hydrogens is 392 g/mol. The van der Waals surface area contributed by atoms with Crippen molar-refractivity contribution in [3.63, 3.8) is 0 Å². The maximum absolute atomic E-state index is 6.24. The molecule has 0 saturated heterocycles. The topological polar surface area (TPSA) is 0 Å². The zero-order valence-corrected chi connectivity index (χ0v) is 15.0. The molecule has 0 N–H and O–H groups in total. The van der Waals surface area contributed by atoms with Crippen LogP contribution in [0.3, 0.4) is 0 Å². The third-order valence-corrected chi connectivity index (χ3v) is 6.39. The Morgan fingerprint density at radius 1 is 1.00 bits per heavy atom. The highest BCUT2D eigenvalue weighted by molar-refractivity contribution is 6.78. The first kappa shape index (κ1) is 18.3. The molecule has 19 heavy (non-hydrogen) atoms. The quantitative estimate of drug-likeness (QED) is 0.485. The molecule has 1 aromatic carbocycles. The van der Waals surface area contributed by atoms with E-state index in [-0.39, 0.29) is 0 Å². The molecule has 0 aliphatic carbocycles. The highest BCUT2D eigenvalue weighted by Gasteiger charge is 2.60. The summed E-state index contributed by atoms with van der Waals surface area (Å²) in [5.41, 5.74) is 1.38. The standard InChI is InChI=1S/C12H10Cl7/c1-2-4-8-5-3-6-9(7-8)10(13,14)11(15,16)12(17,18)19/h3-7H,2H2,1H3. The van der Waals surface area contributed by atoms with E-state index in [0.717, 1.165) is 12.0 Å². The third-order valence-electron chi connectivity index (χ3n) is 2.44. The molecule has 0 heterocycles. The fraction of sp³-hybridized carbons (Fsp3) is 0.417. The highest BCUT2D eigenvalue weighted by atomic mass is 35.6. The van der Waals surface area contributed by atoms with E-state index in [9.17, 15) is 0 Å². The van der Waals surface area contributed by atoms with Gasteiger partial charge in [0.2, 0.25) is 8.13 Å². The van der Waals surface area contributed by atoms with Crippen LogP contribution in [-0.2, 0) is 4.33 Å². The van der Waals surface area contributed by atoms with E-state index in [1.807, 2.05) is 19.4 Å². The van der Waals surface area contributed by atoms with E-state index in [1.165, 1.54) is 0 Å². The lowest BCUT2D eigenvalue weighted by Crippen LogP contribution is -2.45. The molecule has 0 aliphatic heterocycles. The predicted molar refractivity (Wildman–Crippen MR) is 88.2 cm³/mol. The largest absolute Gasteiger partial charge is 0.226 e. The summed E-state index contributed by atoms with van der Waals surface area (Å²) in [6.07, 6.45) is 2.85. The summed E-state index contributed by atoms with van der Waals surface area (Å²) in [6.45, 7) is 2.01. The lowest BCUT2D eigenvalue weighted by atomic mass is 10.0. The van der Waals surface area contributed by atoms with Gasteiger partial charge in [-0.3, -0.25) is 0 Å². The van der Waals surface area contributed by atoms with E-state index in [2.05, 4.69) is 0 Å². The predicted octanol–water partition coefficient (Wildman–Crippen LogP) is 6.82. The summed E-state index contributed by atoms with van der Waals surface area (Å²) in [5, 5.41) is 0. The second-order valence-electron chi connectivity index (χ2n) is 3.88. The van der Waals surface area contributed by atoms with Gasteiger partial charge in [0.25, 0.3) is 0 Å². The summed E-state index contributed by atoms with van der Waals surface area (Å²) in [5.74, 6) is 0. The molecule has 0 saturated carbocycles. The van der Waals surface area contributed by atoms with Crippen LogP contribution in [0.1, 0.15) is 24.5 Å². The maximum Gasteiger partial charge on any atom is 0.226 e. The minimum Gasteiger partial charge on any atom is -0.0930 e. The fourth-order valence-corrected chi connectivity index (χ4v) is 2.91. The molecular formula is C12H10Cl7. The molecule has 0 unspecified atom stereocenters. The Labute approximate surface area is 148 Å². The Bertz CT molecular complexity index is 434. The van der Waals surface area contributed by atoms with E-state index >= 15 is 0 Å². The van der Waals surface area contributed by atoms with Crippen molar-refractivity contribution in [2.45, 2.75) is 25.8 Å². The first-order valence-corrected chi connectivity index (χ1v) is 7.94. The van der Waals surface area contributed by atoms with Gasteiger partial charge >= 0.3 is 0 Å². The average Bonchev–Trinajstić information content (AvgIpc) is 2.28. The summed E-state index contributed by atoms with van der Waals surface area (Å²) in [4.78, 5) is 0. The van der Waals surface area contributed by atoms with Crippen LogP contribution < -0.4 is 0 Å². The Kier molecular flexibility index (Phi) is 6.32. The van der Waals surface area contributed by atoms with Gasteiger partial charge in [-0.05, 0) is 24.0 Å². The molecule has 0 spiro atoms. The lowest BCUT2D eigenvalue weighted by molar-refractivity contribution is 0.698. The van der Waals surface area contributed by atoms with Gasteiger partial charge in [0.05, 0.1) is 0 Å². The van der Waals surface area contributed by atoms with E-state index in [1.54, 1.807) is 18.2 Å². The smallest absolute Gasteiger partial charge is 0.0930 e. The molecule has 107 valence electrons. The van der Waals surface area contributed by atoms with Crippen molar-refractivity contribution in [3.8, 4) is 0 Å².